The lowest BCUT2D eigenvalue weighted by Gasteiger charge is -2.12. The van der Waals surface area contributed by atoms with E-state index in [9.17, 15) is 0 Å². The number of aromatic nitrogens is 5. The van der Waals surface area contributed by atoms with Gasteiger partial charge in [-0.25, -0.2) is 9.97 Å². The highest BCUT2D eigenvalue weighted by molar-refractivity contribution is 7.99. The molecule has 3 aromatic heterocycles. The summed E-state index contributed by atoms with van der Waals surface area (Å²) >= 11 is 2.97. The van der Waals surface area contributed by atoms with Crippen LogP contribution in [0.25, 0.3) is 0 Å². The molecule has 0 saturated heterocycles. The van der Waals surface area contributed by atoms with Gasteiger partial charge in [0, 0.05) is 49.0 Å². The summed E-state index contributed by atoms with van der Waals surface area (Å²) in [6.07, 6.45) is 2.61. The first kappa shape index (κ1) is 20.6. The molecular formula is C18H24N6O2S2. The molecule has 0 atom stereocenters. The van der Waals surface area contributed by atoms with Gasteiger partial charge in [0.25, 0.3) is 0 Å². The molecule has 0 fully saturated rings. The number of nitrogens with zero attached hydrogens (tertiary/aromatic N) is 5. The normalized spacial score (nSPS) is 11.0. The first-order valence-corrected chi connectivity index (χ1v) is 10.7. The molecule has 10 heteroatoms. The summed E-state index contributed by atoms with van der Waals surface area (Å²) in [7, 11) is 3.60. The van der Waals surface area contributed by atoms with Crippen LogP contribution in [0.1, 0.15) is 24.1 Å². The fourth-order valence-electron chi connectivity index (χ4n) is 2.48. The number of rotatable bonds is 9. The van der Waals surface area contributed by atoms with E-state index in [1.54, 1.807) is 23.6 Å². The van der Waals surface area contributed by atoms with Crippen LogP contribution in [0.4, 0.5) is 10.9 Å². The zero-order valence-electron chi connectivity index (χ0n) is 16.6. The van der Waals surface area contributed by atoms with Crippen LogP contribution in [-0.2, 0) is 18.2 Å². The third-order valence-corrected chi connectivity index (χ3v) is 5.64. The fourth-order valence-corrected chi connectivity index (χ4v) is 3.94. The molecule has 1 N–H and O–H groups in total. The average Bonchev–Trinajstić information content (AvgIpc) is 3.23. The molecule has 0 aromatic carbocycles. The summed E-state index contributed by atoms with van der Waals surface area (Å²) in [6.45, 7) is 6.61. The smallest absolute Gasteiger partial charge is 0.208 e. The second kappa shape index (κ2) is 9.35. The summed E-state index contributed by atoms with van der Waals surface area (Å²) in [6, 6.07) is 1.98. The Morgan fingerprint density at radius 2 is 2.14 bits per heavy atom. The summed E-state index contributed by atoms with van der Waals surface area (Å²) in [5.41, 5.74) is 1.78. The van der Waals surface area contributed by atoms with Gasteiger partial charge in [0.05, 0.1) is 12.3 Å². The van der Waals surface area contributed by atoms with E-state index in [-0.39, 0.29) is 0 Å². The lowest BCUT2D eigenvalue weighted by Crippen LogP contribution is -1.99. The fraction of sp³-hybridized carbons (Fsp3) is 0.444. The van der Waals surface area contributed by atoms with Crippen LogP contribution in [0, 0.1) is 13.8 Å². The third kappa shape index (κ3) is 4.81. The SMILES string of the molecule is CCc1nsc(Nc2ncc(SCCOC)cc2Oc2c(C)nn(C)c2C)n1. The van der Waals surface area contributed by atoms with Crippen molar-refractivity contribution < 1.29 is 9.47 Å². The average molecular weight is 421 g/mol. The maximum absolute atomic E-state index is 6.25. The topological polar surface area (TPSA) is 87.0 Å². The molecule has 3 heterocycles. The molecule has 0 saturated carbocycles. The molecule has 8 nitrogen and oxygen atoms in total. The van der Waals surface area contributed by atoms with Crippen LogP contribution >= 0.6 is 23.3 Å². The molecule has 0 bridgehead atoms. The van der Waals surface area contributed by atoms with Gasteiger partial charge >= 0.3 is 0 Å². The number of aryl methyl sites for hydroxylation is 3. The van der Waals surface area contributed by atoms with Gasteiger partial charge in [-0.05, 0) is 19.9 Å². The van der Waals surface area contributed by atoms with E-state index >= 15 is 0 Å². The highest BCUT2D eigenvalue weighted by Gasteiger charge is 2.17. The van der Waals surface area contributed by atoms with Crippen LogP contribution in [0.5, 0.6) is 11.5 Å². The van der Waals surface area contributed by atoms with Gasteiger partial charge in [-0.1, -0.05) is 6.92 Å². The van der Waals surface area contributed by atoms with Crippen LogP contribution in [-0.4, -0.2) is 43.6 Å². The van der Waals surface area contributed by atoms with Crippen LogP contribution in [0.3, 0.4) is 0 Å². The van der Waals surface area contributed by atoms with Gasteiger partial charge in [-0.3, -0.25) is 4.68 Å². The van der Waals surface area contributed by atoms with Crippen molar-refractivity contribution in [1.29, 1.82) is 0 Å². The van der Waals surface area contributed by atoms with E-state index in [1.807, 2.05) is 40.1 Å². The van der Waals surface area contributed by atoms with Crippen LogP contribution in [0.2, 0.25) is 0 Å². The molecule has 0 aliphatic heterocycles. The lowest BCUT2D eigenvalue weighted by atomic mass is 10.3. The van der Waals surface area contributed by atoms with E-state index in [0.29, 0.717) is 23.3 Å². The van der Waals surface area contributed by atoms with E-state index in [2.05, 4.69) is 24.8 Å². The highest BCUT2D eigenvalue weighted by atomic mass is 32.2. The Balaban J connectivity index is 1.90. The zero-order chi connectivity index (χ0) is 20.1. The summed E-state index contributed by atoms with van der Waals surface area (Å²) < 4.78 is 17.5. The standard InChI is InChI=1S/C18H24N6O2S2/c1-6-15-20-18(28-23-15)21-17-14(9-13(10-19-17)27-8-7-25-5)26-16-11(2)22-24(4)12(16)3/h9-10H,6-8H2,1-5H3,(H,19,20,21,23). The minimum absolute atomic E-state index is 0.595. The van der Waals surface area contributed by atoms with Gasteiger partial charge in [0.15, 0.2) is 17.3 Å². The molecule has 0 unspecified atom stereocenters. The molecule has 3 rings (SSSR count). The van der Waals surface area contributed by atoms with Gasteiger partial charge in [-0.2, -0.15) is 9.47 Å². The van der Waals surface area contributed by atoms with Crippen molar-refractivity contribution in [2.75, 3.05) is 24.8 Å². The zero-order valence-corrected chi connectivity index (χ0v) is 18.3. The molecule has 0 radical (unpaired) electrons. The van der Waals surface area contributed by atoms with Gasteiger partial charge in [0.1, 0.15) is 11.5 Å². The van der Waals surface area contributed by atoms with Crippen molar-refractivity contribution in [3.05, 3.63) is 29.5 Å². The van der Waals surface area contributed by atoms with E-state index in [4.69, 9.17) is 9.47 Å². The molecule has 0 amide bonds. The Morgan fingerprint density at radius 1 is 1.32 bits per heavy atom. The van der Waals surface area contributed by atoms with Gasteiger partial charge in [-0.15, -0.1) is 11.8 Å². The van der Waals surface area contributed by atoms with Crippen molar-refractivity contribution in [2.24, 2.45) is 7.05 Å². The molecule has 150 valence electrons. The third-order valence-electron chi connectivity index (χ3n) is 4.05. The van der Waals surface area contributed by atoms with E-state index < -0.39 is 0 Å². The number of thioether (sulfide) groups is 1. The Labute approximate surface area is 172 Å². The number of anilines is 2. The molecule has 0 spiro atoms. The van der Waals surface area contributed by atoms with Crippen molar-refractivity contribution in [1.82, 2.24) is 24.1 Å². The highest BCUT2D eigenvalue weighted by Crippen LogP contribution is 2.36. The van der Waals surface area contributed by atoms with E-state index in [1.165, 1.54) is 11.5 Å². The number of methoxy groups -OCH3 is 1. The second-order valence-electron chi connectivity index (χ2n) is 6.08. The Kier molecular flexibility index (Phi) is 6.87. The van der Waals surface area contributed by atoms with Crippen LogP contribution in [0.15, 0.2) is 17.2 Å². The molecule has 0 aliphatic carbocycles. The maximum Gasteiger partial charge on any atom is 0.208 e. The number of nitrogens with one attached hydrogen (secondary N) is 1. The molecule has 0 aliphatic rings. The number of hydrogen-bond acceptors (Lipinski definition) is 9. The summed E-state index contributed by atoms with van der Waals surface area (Å²) in [5.74, 6) is 3.59. The first-order chi connectivity index (χ1) is 13.5. The summed E-state index contributed by atoms with van der Waals surface area (Å²) in [5, 5.41) is 8.35. The summed E-state index contributed by atoms with van der Waals surface area (Å²) in [4.78, 5) is 10.0. The predicted molar refractivity (Wildman–Crippen MR) is 112 cm³/mol. The second-order valence-corrected chi connectivity index (χ2v) is 8.00. The maximum atomic E-state index is 6.25. The molecule has 3 aromatic rings. The largest absolute Gasteiger partial charge is 0.450 e. The number of pyridine rings is 1. The lowest BCUT2D eigenvalue weighted by molar-refractivity contribution is 0.218. The van der Waals surface area contributed by atoms with Crippen molar-refractivity contribution in [2.45, 2.75) is 32.1 Å². The molecule has 28 heavy (non-hydrogen) atoms. The Bertz CT molecular complexity index is 940. The van der Waals surface area contributed by atoms with Crippen molar-refractivity contribution in [3.8, 4) is 11.5 Å². The first-order valence-electron chi connectivity index (χ1n) is 8.91. The minimum atomic E-state index is 0.595. The quantitative estimate of drug-likeness (QED) is 0.409. The van der Waals surface area contributed by atoms with Crippen LogP contribution < -0.4 is 10.1 Å². The van der Waals surface area contributed by atoms with Crippen molar-refractivity contribution in [3.63, 3.8) is 0 Å². The van der Waals surface area contributed by atoms with Gasteiger partial charge in [0.2, 0.25) is 5.13 Å². The monoisotopic (exact) mass is 420 g/mol. The van der Waals surface area contributed by atoms with Crippen molar-refractivity contribution >= 4 is 34.2 Å². The number of hydrogen-bond donors (Lipinski definition) is 1. The van der Waals surface area contributed by atoms with E-state index in [0.717, 1.165) is 40.0 Å². The Hall–Kier alpha value is -2.17. The minimum Gasteiger partial charge on any atom is -0.450 e. The predicted octanol–water partition coefficient (Wildman–Crippen LogP) is 4.12. The van der Waals surface area contributed by atoms with Gasteiger partial charge < -0.3 is 14.8 Å². The molecular weight excluding hydrogens is 396 g/mol. The Morgan fingerprint density at radius 3 is 2.79 bits per heavy atom. The number of ether oxygens (including phenoxy) is 2.